The highest BCUT2D eigenvalue weighted by atomic mass is 32.2. The molecule has 1 aromatic carbocycles. The molecule has 0 heterocycles. The molecule has 0 aromatic heterocycles. The Kier molecular flexibility index (Phi) is 4.98. The quantitative estimate of drug-likeness (QED) is 0.596. The van der Waals surface area contributed by atoms with E-state index in [0.717, 1.165) is 0 Å². The molecule has 0 spiro atoms. The van der Waals surface area contributed by atoms with Crippen molar-refractivity contribution >= 4 is 15.7 Å². The average molecular weight is 287 g/mol. The Bertz CT molecular complexity index is 569. The molecule has 0 saturated carbocycles. The van der Waals surface area contributed by atoms with Gasteiger partial charge in [-0.1, -0.05) is 0 Å². The van der Waals surface area contributed by atoms with E-state index in [0.29, 0.717) is 12.0 Å². The molecule has 0 aliphatic rings. The predicted octanol–water partition coefficient (Wildman–Crippen LogP) is 0.919. The molecule has 0 fully saturated rings. The van der Waals surface area contributed by atoms with E-state index in [-0.39, 0.29) is 23.2 Å². The minimum absolute atomic E-state index is 0.0442. The van der Waals surface area contributed by atoms with Gasteiger partial charge in [0.1, 0.15) is 0 Å². The molecular formula is C11H17N3O4S. The summed E-state index contributed by atoms with van der Waals surface area (Å²) in [5.74, 6) is 0. The Morgan fingerprint density at radius 2 is 2.11 bits per heavy atom. The third-order valence-corrected chi connectivity index (χ3v) is 4.17. The molecule has 19 heavy (non-hydrogen) atoms. The first-order valence-electron chi connectivity index (χ1n) is 5.74. The highest BCUT2D eigenvalue weighted by Gasteiger charge is 2.18. The van der Waals surface area contributed by atoms with Crippen molar-refractivity contribution in [1.82, 2.24) is 4.72 Å². The van der Waals surface area contributed by atoms with Crippen LogP contribution in [0.1, 0.15) is 18.9 Å². The predicted molar refractivity (Wildman–Crippen MR) is 71.3 cm³/mol. The normalized spacial score (nSPS) is 13.2. The number of non-ortho nitro benzene ring substituents is 1. The minimum Gasteiger partial charge on any atom is -0.328 e. The molecule has 7 nitrogen and oxygen atoms in total. The van der Waals surface area contributed by atoms with Crippen molar-refractivity contribution in [2.45, 2.75) is 31.2 Å². The van der Waals surface area contributed by atoms with E-state index in [4.69, 9.17) is 5.73 Å². The molecule has 0 saturated heterocycles. The van der Waals surface area contributed by atoms with E-state index in [1.807, 2.05) is 0 Å². The van der Waals surface area contributed by atoms with Gasteiger partial charge in [0, 0.05) is 24.7 Å². The molecule has 3 N–H and O–H groups in total. The second-order valence-corrected chi connectivity index (χ2v) is 6.11. The number of nitrogens with one attached hydrogen (secondary N) is 1. The van der Waals surface area contributed by atoms with Crippen LogP contribution in [0.5, 0.6) is 0 Å². The fraction of sp³-hybridized carbons (Fsp3) is 0.455. The van der Waals surface area contributed by atoms with Gasteiger partial charge < -0.3 is 5.73 Å². The van der Waals surface area contributed by atoms with Gasteiger partial charge >= 0.3 is 0 Å². The lowest BCUT2D eigenvalue weighted by Gasteiger charge is -2.10. The summed E-state index contributed by atoms with van der Waals surface area (Å²) in [5.41, 5.74) is 5.74. The Labute approximate surface area is 112 Å². The molecular weight excluding hydrogens is 270 g/mol. The van der Waals surface area contributed by atoms with Gasteiger partial charge in [-0.25, -0.2) is 13.1 Å². The lowest BCUT2D eigenvalue weighted by molar-refractivity contribution is -0.385. The maximum absolute atomic E-state index is 12.0. The van der Waals surface area contributed by atoms with Crippen LogP contribution in [0.2, 0.25) is 0 Å². The lowest BCUT2D eigenvalue weighted by atomic mass is 10.2. The van der Waals surface area contributed by atoms with Crippen molar-refractivity contribution in [3.05, 3.63) is 33.9 Å². The zero-order valence-corrected chi connectivity index (χ0v) is 11.6. The highest BCUT2D eigenvalue weighted by Crippen LogP contribution is 2.20. The van der Waals surface area contributed by atoms with Gasteiger partial charge in [0.05, 0.1) is 9.82 Å². The SMILES string of the molecule is Cc1cc([N+](=O)[O-])ccc1S(=O)(=O)NCCC(C)N. The average Bonchev–Trinajstić information content (AvgIpc) is 2.27. The number of rotatable bonds is 6. The molecule has 0 amide bonds. The van der Waals surface area contributed by atoms with Gasteiger partial charge in [0.25, 0.3) is 5.69 Å². The third-order valence-electron chi connectivity index (χ3n) is 2.55. The summed E-state index contributed by atoms with van der Waals surface area (Å²) in [4.78, 5) is 10.1. The highest BCUT2D eigenvalue weighted by molar-refractivity contribution is 7.89. The van der Waals surface area contributed by atoms with Crippen LogP contribution >= 0.6 is 0 Å². The number of nitrogens with two attached hydrogens (primary N) is 1. The number of nitro groups is 1. The van der Waals surface area contributed by atoms with Gasteiger partial charge in [-0.15, -0.1) is 0 Å². The number of sulfonamides is 1. The first-order chi connectivity index (χ1) is 8.74. The van der Waals surface area contributed by atoms with Crippen molar-refractivity contribution in [1.29, 1.82) is 0 Å². The fourth-order valence-electron chi connectivity index (χ4n) is 1.55. The lowest BCUT2D eigenvalue weighted by Crippen LogP contribution is -2.29. The van der Waals surface area contributed by atoms with Crippen molar-refractivity contribution in [2.75, 3.05) is 6.54 Å². The summed E-state index contributed by atoms with van der Waals surface area (Å²) in [6.45, 7) is 3.54. The van der Waals surface area contributed by atoms with Gasteiger partial charge in [-0.05, 0) is 31.9 Å². The number of hydrogen-bond donors (Lipinski definition) is 2. The largest absolute Gasteiger partial charge is 0.328 e. The fourth-order valence-corrected chi connectivity index (χ4v) is 2.82. The van der Waals surface area contributed by atoms with E-state index in [9.17, 15) is 18.5 Å². The van der Waals surface area contributed by atoms with Gasteiger partial charge in [0.2, 0.25) is 10.0 Å². The zero-order valence-electron chi connectivity index (χ0n) is 10.8. The van der Waals surface area contributed by atoms with Crippen LogP contribution < -0.4 is 10.5 Å². The van der Waals surface area contributed by atoms with Crippen molar-refractivity contribution in [2.24, 2.45) is 5.73 Å². The van der Waals surface area contributed by atoms with Gasteiger partial charge in [-0.3, -0.25) is 10.1 Å². The standard InChI is InChI=1S/C11H17N3O4S/c1-8-7-10(14(15)16)3-4-11(8)19(17,18)13-6-5-9(2)12/h3-4,7,9,13H,5-6,12H2,1-2H3. The summed E-state index contributed by atoms with van der Waals surface area (Å²) in [7, 11) is -3.66. The molecule has 1 unspecified atom stereocenters. The molecule has 8 heteroatoms. The van der Waals surface area contributed by atoms with Crippen LogP contribution in [0.15, 0.2) is 23.1 Å². The second-order valence-electron chi connectivity index (χ2n) is 4.37. The molecule has 1 atom stereocenters. The molecule has 1 rings (SSSR count). The number of hydrogen-bond acceptors (Lipinski definition) is 5. The van der Waals surface area contributed by atoms with Crippen LogP contribution in [-0.4, -0.2) is 25.9 Å². The Balaban J connectivity index is 2.93. The third kappa shape index (κ3) is 4.27. The van der Waals surface area contributed by atoms with Crippen LogP contribution in [-0.2, 0) is 10.0 Å². The van der Waals surface area contributed by atoms with E-state index >= 15 is 0 Å². The van der Waals surface area contributed by atoms with Crippen LogP contribution in [0, 0.1) is 17.0 Å². The zero-order chi connectivity index (χ0) is 14.6. The van der Waals surface area contributed by atoms with E-state index in [1.165, 1.54) is 25.1 Å². The number of nitro benzene ring substituents is 1. The summed E-state index contributed by atoms with van der Waals surface area (Å²) in [6, 6.07) is 3.55. The van der Waals surface area contributed by atoms with E-state index < -0.39 is 14.9 Å². The van der Waals surface area contributed by atoms with Crippen molar-refractivity contribution < 1.29 is 13.3 Å². The summed E-state index contributed by atoms with van der Waals surface area (Å²) in [5, 5.41) is 10.6. The first kappa shape index (κ1) is 15.5. The van der Waals surface area contributed by atoms with Gasteiger partial charge in [-0.2, -0.15) is 0 Å². The Hall–Kier alpha value is -1.51. The second kappa shape index (κ2) is 6.09. The van der Waals surface area contributed by atoms with E-state index in [2.05, 4.69) is 4.72 Å². The van der Waals surface area contributed by atoms with Crippen LogP contribution in [0.3, 0.4) is 0 Å². The number of nitrogens with zero attached hydrogens (tertiary/aromatic N) is 1. The van der Waals surface area contributed by atoms with Crippen LogP contribution in [0.25, 0.3) is 0 Å². The molecule has 1 aromatic rings. The maximum atomic E-state index is 12.0. The summed E-state index contributed by atoms with van der Waals surface area (Å²) >= 11 is 0. The molecule has 0 radical (unpaired) electrons. The molecule has 0 bridgehead atoms. The Morgan fingerprint density at radius 1 is 1.47 bits per heavy atom. The molecule has 0 aliphatic carbocycles. The Morgan fingerprint density at radius 3 is 2.58 bits per heavy atom. The van der Waals surface area contributed by atoms with Crippen LogP contribution in [0.4, 0.5) is 5.69 Å². The smallest absolute Gasteiger partial charge is 0.269 e. The summed E-state index contributed by atoms with van der Waals surface area (Å²) < 4.78 is 26.4. The maximum Gasteiger partial charge on any atom is 0.269 e. The summed E-state index contributed by atoms with van der Waals surface area (Å²) in [6.07, 6.45) is 0.519. The van der Waals surface area contributed by atoms with Crippen molar-refractivity contribution in [3.63, 3.8) is 0 Å². The molecule has 106 valence electrons. The number of aryl methyl sites for hydroxylation is 1. The molecule has 0 aliphatic heterocycles. The van der Waals surface area contributed by atoms with Crippen molar-refractivity contribution in [3.8, 4) is 0 Å². The van der Waals surface area contributed by atoms with Gasteiger partial charge in [0.15, 0.2) is 0 Å². The monoisotopic (exact) mass is 287 g/mol. The minimum atomic E-state index is -3.66. The first-order valence-corrected chi connectivity index (χ1v) is 7.22. The topological polar surface area (TPSA) is 115 Å². The van der Waals surface area contributed by atoms with E-state index in [1.54, 1.807) is 6.92 Å². The number of benzene rings is 1.